The maximum Gasteiger partial charge on any atom is 0.0629 e. The summed E-state index contributed by atoms with van der Waals surface area (Å²) in [5, 5.41) is 11.4. The number of benzene rings is 8. The van der Waals surface area contributed by atoms with Crippen molar-refractivity contribution in [1.82, 2.24) is 0 Å². The Labute approximate surface area is 247 Å². The third-order valence-electron chi connectivity index (χ3n) is 8.27. The lowest BCUT2D eigenvalue weighted by atomic mass is 9.95. The van der Waals surface area contributed by atoms with E-state index in [1.807, 2.05) is 42.5 Å². The number of hydrogen-bond acceptors (Lipinski definition) is 1. The highest BCUT2D eigenvalue weighted by Crippen LogP contribution is 2.40. The van der Waals surface area contributed by atoms with Crippen LogP contribution in [-0.4, -0.2) is 0 Å². The molecule has 0 fully saturated rings. The van der Waals surface area contributed by atoms with Crippen LogP contribution >= 0.6 is 11.3 Å². The summed E-state index contributed by atoms with van der Waals surface area (Å²) in [6.45, 7) is 0. The van der Waals surface area contributed by atoms with Crippen molar-refractivity contribution in [2.24, 2.45) is 0 Å². The topological polar surface area (TPSA) is 0 Å². The molecule has 0 saturated heterocycles. The third kappa shape index (κ3) is 3.60. The Bertz CT molecular complexity index is 2680. The van der Waals surface area contributed by atoms with Gasteiger partial charge in [0.1, 0.15) is 0 Å². The van der Waals surface area contributed by atoms with Crippen molar-refractivity contribution in [3.63, 3.8) is 0 Å². The summed E-state index contributed by atoms with van der Waals surface area (Å²) >= 11 is 1.74. The standard InChI is InChI=1S/C40H24S/c1-3-7-34-27(5-1)13-16-32-22-33-21-29(14-15-31(33)23-37(32)34)25-9-11-26(12-10-25)30-18-20-39-38(24-30)36-19-17-28-6-2-4-8-35(28)40(36)41-39/h1-24H/i9D,10D,11D,12D. The van der Waals surface area contributed by atoms with Crippen molar-refractivity contribution < 1.29 is 5.48 Å². The largest absolute Gasteiger partial charge is 0.135 e. The van der Waals surface area contributed by atoms with Gasteiger partial charge in [-0.25, -0.2) is 0 Å². The molecule has 0 aliphatic rings. The van der Waals surface area contributed by atoms with E-state index in [-0.39, 0.29) is 24.2 Å². The third-order valence-corrected chi connectivity index (χ3v) is 9.49. The quantitative estimate of drug-likeness (QED) is 0.151. The Morgan fingerprint density at radius 1 is 0.366 bits per heavy atom. The average Bonchev–Trinajstić information content (AvgIpc) is 3.45. The van der Waals surface area contributed by atoms with E-state index in [0.717, 1.165) is 31.6 Å². The molecule has 1 aromatic heterocycles. The highest BCUT2D eigenvalue weighted by molar-refractivity contribution is 7.26. The Morgan fingerprint density at radius 2 is 1.00 bits per heavy atom. The molecule has 0 radical (unpaired) electrons. The summed E-state index contributed by atoms with van der Waals surface area (Å²) in [5.74, 6) is 0. The second kappa shape index (κ2) is 8.76. The molecule has 0 nitrogen and oxygen atoms in total. The highest BCUT2D eigenvalue weighted by Gasteiger charge is 2.10. The van der Waals surface area contributed by atoms with Crippen LogP contribution in [-0.2, 0) is 0 Å². The van der Waals surface area contributed by atoms with Crippen molar-refractivity contribution in [3.05, 3.63) is 145 Å². The first-order valence-corrected chi connectivity index (χ1v) is 14.6. The van der Waals surface area contributed by atoms with Crippen molar-refractivity contribution in [1.29, 1.82) is 0 Å². The van der Waals surface area contributed by atoms with Crippen LogP contribution in [0, 0.1) is 0 Å². The van der Waals surface area contributed by atoms with Gasteiger partial charge in [0.25, 0.3) is 0 Å². The summed E-state index contributed by atoms with van der Waals surface area (Å²) in [7, 11) is 0. The zero-order chi connectivity index (χ0) is 30.4. The Hall–Kier alpha value is -4.98. The highest BCUT2D eigenvalue weighted by atomic mass is 32.1. The molecule has 0 aliphatic heterocycles. The van der Waals surface area contributed by atoms with E-state index in [0.29, 0.717) is 22.3 Å². The first-order valence-electron chi connectivity index (χ1n) is 15.8. The fourth-order valence-electron chi connectivity index (χ4n) is 6.17. The van der Waals surface area contributed by atoms with Crippen LogP contribution in [0.1, 0.15) is 5.48 Å². The van der Waals surface area contributed by atoms with Crippen molar-refractivity contribution >= 4 is 74.6 Å². The van der Waals surface area contributed by atoms with Crippen LogP contribution in [0.5, 0.6) is 0 Å². The van der Waals surface area contributed by atoms with Gasteiger partial charge in [0, 0.05) is 20.2 Å². The van der Waals surface area contributed by atoms with E-state index in [1.54, 1.807) is 11.3 Å². The molecule has 8 aromatic carbocycles. The number of fused-ring (bicyclic) bond motifs is 9. The molecule has 0 saturated carbocycles. The Balaban J connectivity index is 1.20. The minimum absolute atomic E-state index is 0.0274. The van der Waals surface area contributed by atoms with E-state index in [1.165, 1.54) is 31.6 Å². The molecule has 0 bridgehead atoms. The summed E-state index contributed by atoms with van der Waals surface area (Å²) < 4.78 is 38.6. The molecule has 190 valence electrons. The number of rotatable bonds is 2. The zero-order valence-corrected chi connectivity index (χ0v) is 22.8. The van der Waals surface area contributed by atoms with Crippen LogP contribution in [0.3, 0.4) is 0 Å². The first kappa shape index (κ1) is 19.2. The molecule has 0 spiro atoms. The molecule has 9 rings (SSSR count). The fraction of sp³-hybridized carbons (Fsp3) is 0. The molecule has 9 aromatic rings. The van der Waals surface area contributed by atoms with Crippen LogP contribution in [0.4, 0.5) is 0 Å². The molecular formula is C40H24S. The van der Waals surface area contributed by atoms with Gasteiger partial charge >= 0.3 is 0 Å². The second-order valence-electron chi connectivity index (χ2n) is 10.6. The average molecular weight is 541 g/mol. The van der Waals surface area contributed by atoms with Gasteiger partial charge in [0.05, 0.1) is 5.48 Å². The molecule has 41 heavy (non-hydrogen) atoms. The summed E-state index contributed by atoms with van der Waals surface area (Å²) in [5.41, 5.74) is 2.02. The minimum atomic E-state index is -0.0293. The fourth-order valence-corrected chi connectivity index (χ4v) is 7.39. The van der Waals surface area contributed by atoms with E-state index in [2.05, 4.69) is 78.9 Å². The van der Waals surface area contributed by atoms with Gasteiger partial charge in [0.15, 0.2) is 0 Å². The Morgan fingerprint density at radius 3 is 1.83 bits per heavy atom. The maximum absolute atomic E-state index is 9.06. The predicted molar refractivity (Wildman–Crippen MR) is 180 cm³/mol. The zero-order valence-electron chi connectivity index (χ0n) is 26.0. The summed E-state index contributed by atoms with van der Waals surface area (Å²) in [6, 6.07) is 41.4. The van der Waals surface area contributed by atoms with E-state index >= 15 is 0 Å². The molecule has 0 unspecified atom stereocenters. The normalized spacial score (nSPS) is 13.3. The molecule has 1 heterocycles. The van der Waals surface area contributed by atoms with Gasteiger partial charge in [-0.1, -0.05) is 115 Å². The molecular weight excluding hydrogens is 513 g/mol. The van der Waals surface area contributed by atoms with Crippen molar-refractivity contribution in [2.75, 3.05) is 0 Å². The van der Waals surface area contributed by atoms with Crippen LogP contribution < -0.4 is 0 Å². The van der Waals surface area contributed by atoms with Gasteiger partial charge in [-0.3, -0.25) is 0 Å². The van der Waals surface area contributed by atoms with Crippen LogP contribution in [0.2, 0.25) is 0 Å². The van der Waals surface area contributed by atoms with E-state index < -0.39 is 0 Å². The monoisotopic (exact) mass is 540 g/mol. The molecule has 0 atom stereocenters. The lowest BCUT2D eigenvalue weighted by molar-refractivity contribution is 1.62. The first-order chi connectivity index (χ1) is 22.0. The van der Waals surface area contributed by atoms with E-state index in [9.17, 15) is 0 Å². The summed E-state index contributed by atoms with van der Waals surface area (Å²) in [4.78, 5) is 0. The molecule has 1 heteroatoms. The number of hydrogen-bond donors (Lipinski definition) is 0. The predicted octanol–water partition coefficient (Wildman–Crippen LogP) is 12.0. The van der Waals surface area contributed by atoms with Gasteiger partial charge in [0.2, 0.25) is 0 Å². The van der Waals surface area contributed by atoms with Gasteiger partial charge in [-0.05, 0) is 95.7 Å². The van der Waals surface area contributed by atoms with Crippen molar-refractivity contribution in [2.45, 2.75) is 0 Å². The van der Waals surface area contributed by atoms with Gasteiger partial charge < -0.3 is 0 Å². The molecule has 0 aliphatic carbocycles. The number of thiophene rings is 1. The van der Waals surface area contributed by atoms with Crippen LogP contribution in [0.15, 0.2) is 145 Å². The molecule has 0 N–H and O–H groups in total. The lowest BCUT2D eigenvalue weighted by Crippen LogP contribution is -1.83. The molecule has 0 amide bonds. The minimum Gasteiger partial charge on any atom is -0.135 e. The lowest BCUT2D eigenvalue weighted by Gasteiger charge is -2.09. The maximum atomic E-state index is 9.06. The Kier molecular flexibility index (Phi) is 4.09. The smallest absolute Gasteiger partial charge is 0.0629 e. The van der Waals surface area contributed by atoms with E-state index in [4.69, 9.17) is 5.48 Å². The summed E-state index contributed by atoms with van der Waals surface area (Å²) in [6.07, 6.45) is 0. The van der Waals surface area contributed by atoms with Crippen molar-refractivity contribution in [3.8, 4) is 22.3 Å². The SMILES string of the molecule is [2H]c1c([2H])c(-c2ccc3sc4c5ccccc5ccc4c3c2)c([2H])c([2H])c1-c1ccc2cc3c(ccc4ccccc43)cc2c1. The van der Waals surface area contributed by atoms with Crippen LogP contribution in [0.25, 0.3) is 85.5 Å². The van der Waals surface area contributed by atoms with Gasteiger partial charge in [-0.2, -0.15) is 0 Å². The second-order valence-corrected chi connectivity index (χ2v) is 11.7. The van der Waals surface area contributed by atoms with Gasteiger partial charge in [-0.15, -0.1) is 11.3 Å².